The Balaban J connectivity index is 2.47. The minimum atomic E-state index is 0.280. The highest BCUT2D eigenvalue weighted by molar-refractivity contribution is 5.34. The van der Waals surface area contributed by atoms with Crippen molar-refractivity contribution in [1.82, 2.24) is 0 Å². The summed E-state index contributed by atoms with van der Waals surface area (Å²) in [5.74, 6) is 0.817. The first kappa shape index (κ1) is 8.81. The third-order valence-electron chi connectivity index (χ3n) is 4.32. The second-order valence-corrected chi connectivity index (χ2v) is 5.41. The number of nitrogens with zero attached hydrogens (tertiary/aromatic N) is 1. The molecule has 0 heterocycles. The molecule has 13 heavy (non-hydrogen) atoms. The van der Waals surface area contributed by atoms with Crippen molar-refractivity contribution < 1.29 is 0 Å². The van der Waals surface area contributed by atoms with Crippen molar-refractivity contribution >= 4 is 0 Å². The summed E-state index contributed by atoms with van der Waals surface area (Å²) in [6, 6.07) is 2.21. The van der Waals surface area contributed by atoms with Crippen molar-refractivity contribution in [3.63, 3.8) is 0 Å². The molecule has 2 bridgehead atoms. The molecule has 0 saturated heterocycles. The summed E-state index contributed by atoms with van der Waals surface area (Å²) in [6.07, 6.45) is 5.74. The first-order valence-corrected chi connectivity index (χ1v) is 5.11. The molecular weight excluding hydrogens is 158 g/mol. The SMILES string of the molecule is CC1(C)/C(=C/C#N)[C@]2(C)CC[C@H]1C2. The van der Waals surface area contributed by atoms with Crippen LogP contribution in [0.4, 0.5) is 0 Å². The zero-order valence-corrected chi connectivity index (χ0v) is 8.72. The Morgan fingerprint density at radius 1 is 1.46 bits per heavy atom. The minimum absolute atomic E-state index is 0.280. The van der Waals surface area contributed by atoms with Gasteiger partial charge in [-0.3, -0.25) is 0 Å². The zero-order valence-electron chi connectivity index (χ0n) is 8.72. The smallest absolute Gasteiger partial charge is 0.0911 e. The van der Waals surface area contributed by atoms with Gasteiger partial charge in [0.15, 0.2) is 0 Å². The van der Waals surface area contributed by atoms with Gasteiger partial charge in [0.05, 0.1) is 6.07 Å². The molecule has 0 unspecified atom stereocenters. The average molecular weight is 175 g/mol. The van der Waals surface area contributed by atoms with E-state index in [-0.39, 0.29) is 5.41 Å². The maximum atomic E-state index is 8.78. The molecule has 2 aliphatic carbocycles. The Morgan fingerprint density at radius 2 is 2.15 bits per heavy atom. The molecule has 2 fully saturated rings. The summed E-state index contributed by atoms with van der Waals surface area (Å²) >= 11 is 0. The molecule has 1 nitrogen and oxygen atoms in total. The van der Waals surface area contributed by atoms with E-state index in [1.807, 2.05) is 0 Å². The van der Waals surface area contributed by atoms with E-state index in [1.165, 1.54) is 24.8 Å². The lowest BCUT2D eigenvalue weighted by Crippen LogP contribution is -2.26. The Labute approximate surface area is 80.4 Å². The van der Waals surface area contributed by atoms with Crippen LogP contribution >= 0.6 is 0 Å². The van der Waals surface area contributed by atoms with E-state index in [2.05, 4.69) is 26.8 Å². The fourth-order valence-corrected chi connectivity index (χ4v) is 3.52. The monoisotopic (exact) mass is 175 g/mol. The molecule has 0 N–H and O–H groups in total. The molecular formula is C12H17N. The van der Waals surface area contributed by atoms with Crippen LogP contribution in [0.25, 0.3) is 0 Å². The Bertz CT molecular complexity index is 299. The number of fused-ring (bicyclic) bond motifs is 2. The number of allylic oxidation sites excluding steroid dienone is 2. The van der Waals surface area contributed by atoms with Crippen LogP contribution in [0.5, 0.6) is 0 Å². The van der Waals surface area contributed by atoms with Gasteiger partial charge in [0, 0.05) is 6.08 Å². The lowest BCUT2D eigenvalue weighted by atomic mass is 9.68. The quantitative estimate of drug-likeness (QED) is 0.518. The van der Waals surface area contributed by atoms with Crippen molar-refractivity contribution in [2.75, 3.05) is 0 Å². The molecule has 0 aromatic carbocycles. The third kappa shape index (κ3) is 0.981. The summed E-state index contributed by atoms with van der Waals surface area (Å²) in [6.45, 7) is 6.92. The van der Waals surface area contributed by atoms with E-state index in [1.54, 1.807) is 6.08 Å². The van der Waals surface area contributed by atoms with Crippen molar-refractivity contribution in [1.29, 1.82) is 5.26 Å². The van der Waals surface area contributed by atoms with Crippen LogP contribution in [0.15, 0.2) is 11.6 Å². The lowest BCUT2D eigenvalue weighted by molar-refractivity contribution is 0.274. The summed E-state index contributed by atoms with van der Waals surface area (Å²) in [5, 5.41) is 8.78. The minimum Gasteiger partial charge on any atom is -0.193 e. The number of rotatable bonds is 0. The first-order chi connectivity index (χ1) is 6.00. The van der Waals surface area contributed by atoms with Crippen molar-refractivity contribution in [2.24, 2.45) is 16.7 Å². The molecule has 2 rings (SSSR count). The first-order valence-electron chi connectivity index (χ1n) is 5.11. The third-order valence-corrected chi connectivity index (χ3v) is 4.32. The molecule has 0 amide bonds. The molecule has 0 spiro atoms. The number of hydrogen-bond acceptors (Lipinski definition) is 1. The fraction of sp³-hybridized carbons (Fsp3) is 0.750. The second kappa shape index (κ2) is 2.38. The van der Waals surface area contributed by atoms with Gasteiger partial charge >= 0.3 is 0 Å². The molecule has 0 aromatic heterocycles. The van der Waals surface area contributed by atoms with Gasteiger partial charge in [0.25, 0.3) is 0 Å². The van der Waals surface area contributed by atoms with Gasteiger partial charge in [0.2, 0.25) is 0 Å². The molecule has 2 atom stereocenters. The van der Waals surface area contributed by atoms with E-state index in [0.29, 0.717) is 5.41 Å². The van der Waals surface area contributed by atoms with Gasteiger partial charge in [-0.15, -0.1) is 0 Å². The average Bonchev–Trinajstić information content (AvgIpc) is 2.50. The van der Waals surface area contributed by atoms with Gasteiger partial charge in [-0.1, -0.05) is 20.8 Å². The van der Waals surface area contributed by atoms with Crippen LogP contribution in [0, 0.1) is 28.1 Å². The normalized spacial score (nSPS) is 43.8. The van der Waals surface area contributed by atoms with E-state index in [4.69, 9.17) is 5.26 Å². The molecule has 70 valence electrons. The van der Waals surface area contributed by atoms with Crippen LogP contribution in [-0.2, 0) is 0 Å². The molecule has 0 aromatic rings. The van der Waals surface area contributed by atoms with Gasteiger partial charge < -0.3 is 0 Å². The zero-order chi connectivity index (χ0) is 9.69. The van der Waals surface area contributed by atoms with Crippen LogP contribution in [0.2, 0.25) is 0 Å². The number of nitriles is 1. The van der Waals surface area contributed by atoms with Crippen molar-refractivity contribution in [3.05, 3.63) is 11.6 Å². The number of hydrogen-bond donors (Lipinski definition) is 0. The Hall–Kier alpha value is -0.770. The van der Waals surface area contributed by atoms with E-state index in [9.17, 15) is 0 Å². The molecule has 2 aliphatic rings. The summed E-state index contributed by atoms with van der Waals surface area (Å²) in [4.78, 5) is 0. The van der Waals surface area contributed by atoms with E-state index in [0.717, 1.165) is 5.92 Å². The summed E-state index contributed by atoms with van der Waals surface area (Å²) < 4.78 is 0. The molecule has 2 saturated carbocycles. The highest BCUT2D eigenvalue weighted by Crippen LogP contribution is 2.65. The van der Waals surface area contributed by atoms with Crippen LogP contribution in [-0.4, -0.2) is 0 Å². The van der Waals surface area contributed by atoms with E-state index < -0.39 is 0 Å². The van der Waals surface area contributed by atoms with Crippen molar-refractivity contribution in [2.45, 2.75) is 40.0 Å². The highest BCUT2D eigenvalue weighted by Gasteiger charge is 2.55. The van der Waals surface area contributed by atoms with Gasteiger partial charge in [-0.25, -0.2) is 0 Å². The maximum Gasteiger partial charge on any atom is 0.0911 e. The summed E-state index contributed by atoms with van der Waals surface area (Å²) in [5.41, 5.74) is 2.03. The molecule has 0 radical (unpaired) electrons. The topological polar surface area (TPSA) is 23.8 Å². The lowest BCUT2D eigenvalue weighted by Gasteiger charge is -2.36. The predicted octanol–water partition coefficient (Wildman–Crippen LogP) is 3.28. The van der Waals surface area contributed by atoms with Gasteiger partial charge in [-0.2, -0.15) is 5.26 Å². The Morgan fingerprint density at radius 3 is 2.62 bits per heavy atom. The molecule has 1 heteroatoms. The second-order valence-electron chi connectivity index (χ2n) is 5.41. The van der Waals surface area contributed by atoms with Crippen LogP contribution < -0.4 is 0 Å². The largest absolute Gasteiger partial charge is 0.193 e. The van der Waals surface area contributed by atoms with Crippen LogP contribution in [0.1, 0.15) is 40.0 Å². The van der Waals surface area contributed by atoms with Crippen LogP contribution in [0.3, 0.4) is 0 Å². The van der Waals surface area contributed by atoms with Gasteiger partial charge in [-0.05, 0) is 41.6 Å². The molecule has 0 aliphatic heterocycles. The predicted molar refractivity (Wildman–Crippen MR) is 52.9 cm³/mol. The fourth-order valence-electron chi connectivity index (χ4n) is 3.52. The highest BCUT2D eigenvalue weighted by atomic mass is 14.6. The summed E-state index contributed by atoms with van der Waals surface area (Å²) in [7, 11) is 0. The van der Waals surface area contributed by atoms with Crippen molar-refractivity contribution in [3.8, 4) is 6.07 Å². The maximum absolute atomic E-state index is 8.78. The van der Waals surface area contributed by atoms with Gasteiger partial charge in [0.1, 0.15) is 0 Å². The van der Waals surface area contributed by atoms with E-state index >= 15 is 0 Å². The standard InChI is InChI=1S/C12H17N/c1-11(2)9-4-6-12(3,8-9)10(11)5-7-13/h5,9H,4,6,8H2,1-3H3/b10-5-/t9-,12+/m0/s1. The Kier molecular flexibility index (Phi) is 1.61.